The van der Waals surface area contributed by atoms with Crippen molar-refractivity contribution >= 4 is 16.7 Å². The molecule has 2 aromatic rings. The molecule has 1 saturated carbocycles. The number of aliphatic hydroxyl groups is 2. The maximum absolute atomic E-state index is 9.60. The van der Waals surface area contributed by atoms with Crippen molar-refractivity contribution in [3.63, 3.8) is 0 Å². The zero-order chi connectivity index (χ0) is 14.7. The predicted molar refractivity (Wildman–Crippen MR) is 84.1 cm³/mol. The van der Waals surface area contributed by atoms with Gasteiger partial charge in [-0.3, -0.25) is 0 Å². The Balaban J connectivity index is 1.88. The average Bonchev–Trinajstić information content (AvgIpc) is 2.94. The van der Waals surface area contributed by atoms with Crippen LogP contribution in [0.15, 0.2) is 30.3 Å². The molecule has 2 unspecified atom stereocenters. The Hall–Kier alpha value is -1.65. The van der Waals surface area contributed by atoms with E-state index >= 15 is 0 Å². The van der Waals surface area contributed by atoms with Crippen LogP contribution >= 0.6 is 0 Å². The molecule has 2 atom stereocenters. The van der Waals surface area contributed by atoms with Crippen molar-refractivity contribution in [2.45, 2.75) is 38.3 Å². The van der Waals surface area contributed by atoms with Crippen LogP contribution in [0, 0.1) is 5.92 Å². The lowest BCUT2D eigenvalue weighted by Gasteiger charge is -2.22. The zero-order valence-electron chi connectivity index (χ0n) is 12.1. The van der Waals surface area contributed by atoms with E-state index in [9.17, 15) is 5.11 Å². The number of aliphatic hydroxyl groups excluding tert-OH is 2. The van der Waals surface area contributed by atoms with Crippen LogP contribution in [0.4, 0.5) is 5.82 Å². The predicted octanol–water partition coefficient (Wildman–Crippen LogP) is 2.69. The van der Waals surface area contributed by atoms with Gasteiger partial charge in [0.1, 0.15) is 5.82 Å². The number of para-hydroxylation sites is 1. The van der Waals surface area contributed by atoms with Crippen LogP contribution in [0.3, 0.4) is 0 Å². The first-order valence-electron chi connectivity index (χ1n) is 7.68. The van der Waals surface area contributed by atoms with Gasteiger partial charge in [-0.2, -0.15) is 0 Å². The van der Waals surface area contributed by atoms with Crippen LogP contribution in [-0.4, -0.2) is 27.8 Å². The van der Waals surface area contributed by atoms with Gasteiger partial charge in [0.2, 0.25) is 0 Å². The molecule has 4 heteroatoms. The van der Waals surface area contributed by atoms with Crippen molar-refractivity contribution in [1.29, 1.82) is 0 Å². The first-order valence-corrected chi connectivity index (χ1v) is 7.68. The van der Waals surface area contributed by atoms with Gasteiger partial charge >= 0.3 is 0 Å². The Morgan fingerprint density at radius 1 is 1.19 bits per heavy atom. The molecule has 3 rings (SSSR count). The Bertz CT molecular complexity index is 615. The Kier molecular flexibility index (Phi) is 4.36. The summed E-state index contributed by atoms with van der Waals surface area (Å²) in [6.45, 7) is 0.221. The fourth-order valence-corrected chi connectivity index (χ4v) is 3.32. The van der Waals surface area contributed by atoms with Crippen molar-refractivity contribution in [3.8, 4) is 0 Å². The lowest BCUT2D eigenvalue weighted by molar-refractivity contribution is 0.253. The molecule has 1 aliphatic carbocycles. The van der Waals surface area contributed by atoms with E-state index in [0.717, 1.165) is 41.5 Å². The minimum atomic E-state index is -0.0163. The molecule has 0 bridgehead atoms. The second kappa shape index (κ2) is 6.41. The second-order valence-electron chi connectivity index (χ2n) is 5.80. The molecule has 0 spiro atoms. The molecular weight excluding hydrogens is 264 g/mol. The highest BCUT2D eigenvalue weighted by atomic mass is 16.3. The number of benzene rings is 1. The van der Waals surface area contributed by atoms with Gasteiger partial charge in [0, 0.05) is 23.6 Å². The molecule has 0 amide bonds. The topological polar surface area (TPSA) is 65.4 Å². The van der Waals surface area contributed by atoms with E-state index in [4.69, 9.17) is 5.11 Å². The molecular formula is C17H22N2O2. The summed E-state index contributed by atoms with van der Waals surface area (Å²) in [4.78, 5) is 4.67. The Morgan fingerprint density at radius 3 is 2.86 bits per heavy atom. The summed E-state index contributed by atoms with van der Waals surface area (Å²) in [5.41, 5.74) is 1.78. The van der Waals surface area contributed by atoms with E-state index in [-0.39, 0.29) is 13.2 Å². The van der Waals surface area contributed by atoms with Gasteiger partial charge in [0.05, 0.1) is 12.1 Å². The van der Waals surface area contributed by atoms with Gasteiger partial charge < -0.3 is 15.5 Å². The molecule has 1 aromatic heterocycles. The van der Waals surface area contributed by atoms with Gasteiger partial charge in [-0.05, 0) is 37.3 Å². The van der Waals surface area contributed by atoms with E-state index in [1.165, 1.54) is 6.42 Å². The Morgan fingerprint density at radius 2 is 2.05 bits per heavy atom. The van der Waals surface area contributed by atoms with Crippen LogP contribution in [0.25, 0.3) is 10.9 Å². The molecule has 0 radical (unpaired) electrons. The molecule has 21 heavy (non-hydrogen) atoms. The molecule has 3 N–H and O–H groups in total. The van der Waals surface area contributed by atoms with E-state index in [1.54, 1.807) is 0 Å². The summed E-state index contributed by atoms with van der Waals surface area (Å²) in [6, 6.07) is 10.3. The van der Waals surface area contributed by atoms with Crippen molar-refractivity contribution in [2.75, 3.05) is 11.9 Å². The largest absolute Gasteiger partial charge is 0.396 e. The monoisotopic (exact) mass is 286 g/mol. The number of nitrogens with zero attached hydrogens (tertiary/aromatic N) is 1. The highest BCUT2D eigenvalue weighted by molar-refractivity contribution is 5.81. The first-order chi connectivity index (χ1) is 10.3. The number of nitrogens with one attached hydrogen (secondary N) is 1. The fraction of sp³-hybridized carbons (Fsp3) is 0.471. The lowest BCUT2D eigenvalue weighted by atomic mass is 10.00. The maximum Gasteiger partial charge on any atom is 0.132 e. The summed E-state index contributed by atoms with van der Waals surface area (Å²) in [6.07, 6.45) is 4.27. The van der Waals surface area contributed by atoms with Gasteiger partial charge in [0.25, 0.3) is 0 Å². The van der Waals surface area contributed by atoms with E-state index < -0.39 is 0 Å². The van der Waals surface area contributed by atoms with Gasteiger partial charge in [0.15, 0.2) is 0 Å². The molecule has 1 fully saturated rings. The summed E-state index contributed by atoms with van der Waals surface area (Å²) in [5, 5.41) is 23.3. The highest BCUT2D eigenvalue weighted by Gasteiger charge is 2.27. The van der Waals surface area contributed by atoms with Crippen LogP contribution in [-0.2, 0) is 6.61 Å². The SMILES string of the molecule is OCCC1CCCC1Nc1nc2ccccc2cc1CO. The summed E-state index contributed by atoms with van der Waals surface area (Å²) in [5.74, 6) is 1.28. The van der Waals surface area contributed by atoms with Gasteiger partial charge in [-0.1, -0.05) is 24.6 Å². The molecule has 112 valence electrons. The highest BCUT2D eigenvalue weighted by Crippen LogP contribution is 2.31. The van der Waals surface area contributed by atoms with E-state index in [0.29, 0.717) is 12.0 Å². The van der Waals surface area contributed by atoms with Crippen LogP contribution in [0.5, 0.6) is 0 Å². The molecule has 1 aromatic carbocycles. The number of pyridine rings is 1. The van der Waals surface area contributed by atoms with Crippen molar-refractivity contribution in [2.24, 2.45) is 5.92 Å². The number of rotatable bonds is 5. The zero-order valence-corrected chi connectivity index (χ0v) is 12.1. The van der Waals surface area contributed by atoms with Crippen LogP contribution in [0.1, 0.15) is 31.2 Å². The number of fused-ring (bicyclic) bond motifs is 1. The smallest absolute Gasteiger partial charge is 0.132 e. The standard InChI is InChI=1S/C17H22N2O2/c20-9-8-12-5-3-7-15(12)18-17-14(11-21)10-13-4-1-2-6-16(13)19-17/h1-2,4,6,10,12,15,20-21H,3,5,7-9,11H2,(H,18,19). The van der Waals surface area contributed by atoms with Crippen LogP contribution in [0.2, 0.25) is 0 Å². The molecule has 4 nitrogen and oxygen atoms in total. The van der Waals surface area contributed by atoms with Crippen molar-refractivity contribution < 1.29 is 10.2 Å². The number of hydrogen-bond acceptors (Lipinski definition) is 4. The summed E-state index contributed by atoms with van der Waals surface area (Å²) >= 11 is 0. The van der Waals surface area contributed by atoms with Crippen molar-refractivity contribution in [1.82, 2.24) is 4.98 Å². The minimum absolute atomic E-state index is 0.0163. The third-order valence-corrected chi connectivity index (χ3v) is 4.45. The average molecular weight is 286 g/mol. The van der Waals surface area contributed by atoms with Gasteiger partial charge in [-0.15, -0.1) is 0 Å². The summed E-state index contributed by atoms with van der Waals surface area (Å²) < 4.78 is 0. The second-order valence-corrected chi connectivity index (χ2v) is 5.80. The molecule has 1 aliphatic rings. The Labute approximate surface area is 124 Å². The van der Waals surface area contributed by atoms with Crippen molar-refractivity contribution in [3.05, 3.63) is 35.9 Å². The lowest BCUT2D eigenvalue weighted by Crippen LogP contribution is -2.26. The minimum Gasteiger partial charge on any atom is -0.396 e. The number of hydrogen-bond donors (Lipinski definition) is 3. The molecule has 0 saturated heterocycles. The molecule has 1 heterocycles. The number of anilines is 1. The van der Waals surface area contributed by atoms with Crippen LogP contribution < -0.4 is 5.32 Å². The maximum atomic E-state index is 9.60. The normalized spacial score (nSPS) is 21.8. The molecule has 0 aliphatic heterocycles. The first kappa shape index (κ1) is 14.3. The third-order valence-electron chi connectivity index (χ3n) is 4.45. The van der Waals surface area contributed by atoms with E-state index in [2.05, 4.69) is 10.3 Å². The van der Waals surface area contributed by atoms with E-state index in [1.807, 2.05) is 30.3 Å². The fourth-order valence-electron chi connectivity index (χ4n) is 3.32. The summed E-state index contributed by atoms with van der Waals surface area (Å²) in [7, 11) is 0. The van der Waals surface area contributed by atoms with Gasteiger partial charge in [-0.25, -0.2) is 4.98 Å². The third kappa shape index (κ3) is 3.01. The number of aromatic nitrogens is 1. The quantitative estimate of drug-likeness (QED) is 0.790.